The van der Waals surface area contributed by atoms with Crippen molar-refractivity contribution in [2.24, 2.45) is 5.92 Å². The van der Waals surface area contributed by atoms with E-state index in [1.54, 1.807) is 13.2 Å². The van der Waals surface area contributed by atoms with Crippen LogP contribution in [0.1, 0.15) is 17.5 Å². The highest BCUT2D eigenvalue weighted by molar-refractivity contribution is 5.89. The lowest BCUT2D eigenvalue weighted by molar-refractivity contribution is -0.133. The zero-order valence-electron chi connectivity index (χ0n) is 15.0. The number of amides is 2. The number of nitrogens with one attached hydrogen (secondary N) is 1. The first-order chi connectivity index (χ1) is 12.6. The van der Waals surface area contributed by atoms with Crippen molar-refractivity contribution >= 4 is 11.8 Å². The Hall–Kier alpha value is -2.43. The standard InChI is InChI=1S/C19H24N4O3/c1-26-6-5-21-19(25)16-8-18(24)23(11-16)17-12-22(13-17)10-15-4-2-3-14(7-15)9-20/h2-4,7,16-17H,5-6,8,10-13H2,1H3,(H,21,25). The van der Waals surface area contributed by atoms with Gasteiger partial charge in [-0.25, -0.2) is 0 Å². The van der Waals surface area contributed by atoms with Crippen molar-refractivity contribution < 1.29 is 14.3 Å². The minimum atomic E-state index is -0.263. The third-order valence-electron chi connectivity index (χ3n) is 4.98. The number of methoxy groups -OCH3 is 1. The zero-order valence-corrected chi connectivity index (χ0v) is 15.0. The van der Waals surface area contributed by atoms with E-state index in [9.17, 15) is 9.59 Å². The number of rotatable bonds is 7. The van der Waals surface area contributed by atoms with E-state index in [2.05, 4.69) is 16.3 Å². The number of nitriles is 1. The SMILES string of the molecule is COCCNC(=O)C1CC(=O)N(C2CN(Cc3cccc(C#N)c3)C2)C1. The molecule has 0 aliphatic carbocycles. The minimum absolute atomic E-state index is 0.0630. The van der Waals surface area contributed by atoms with E-state index < -0.39 is 0 Å². The lowest BCUT2D eigenvalue weighted by Gasteiger charge is -2.44. The monoisotopic (exact) mass is 356 g/mol. The Morgan fingerprint density at radius 1 is 1.38 bits per heavy atom. The second kappa shape index (κ2) is 8.30. The smallest absolute Gasteiger partial charge is 0.225 e. The maximum atomic E-state index is 12.3. The van der Waals surface area contributed by atoms with Gasteiger partial charge in [0, 0.05) is 46.3 Å². The highest BCUT2D eigenvalue weighted by Gasteiger charge is 2.41. The molecule has 0 radical (unpaired) electrons. The van der Waals surface area contributed by atoms with Gasteiger partial charge in [-0.2, -0.15) is 5.26 Å². The van der Waals surface area contributed by atoms with Crippen LogP contribution in [-0.4, -0.2) is 67.6 Å². The first-order valence-electron chi connectivity index (χ1n) is 8.88. The van der Waals surface area contributed by atoms with Crippen molar-refractivity contribution in [1.29, 1.82) is 5.26 Å². The fourth-order valence-electron chi connectivity index (χ4n) is 3.55. The van der Waals surface area contributed by atoms with Crippen LogP contribution in [0.25, 0.3) is 0 Å². The first-order valence-corrected chi connectivity index (χ1v) is 8.88. The van der Waals surface area contributed by atoms with Crippen molar-refractivity contribution in [1.82, 2.24) is 15.1 Å². The maximum absolute atomic E-state index is 12.3. The van der Waals surface area contributed by atoms with Gasteiger partial charge in [0.15, 0.2) is 0 Å². The van der Waals surface area contributed by atoms with E-state index in [-0.39, 0.29) is 23.8 Å². The Bertz CT molecular complexity index is 709. The molecule has 3 rings (SSSR count). The topological polar surface area (TPSA) is 85.7 Å². The molecular formula is C19H24N4O3. The summed E-state index contributed by atoms with van der Waals surface area (Å²) in [5.74, 6) is -0.267. The second-order valence-electron chi connectivity index (χ2n) is 6.89. The lowest BCUT2D eigenvalue weighted by Crippen LogP contribution is -2.59. The Morgan fingerprint density at radius 3 is 2.92 bits per heavy atom. The molecule has 2 aliphatic heterocycles. The highest BCUT2D eigenvalue weighted by Crippen LogP contribution is 2.26. The Labute approximate surface area is 153 Å². The third kappa shape index (κ3) is 4.21. The molecule has 1 N–H and O–H groups in total. The van der Waals surface area contributed by atoms with Gasteiger partial charge in [0.2, 0.25) is 11.8 Å². The fourth-order valence-corrected chi connectivity index (χ4v) is 3.55. The number of hydrogen-bond donors (Lipinski definition) is 1. The molecule has 2 aliphatic rings. The average molecular weight is 356 g/mol. The van der Waals surface area contributed by atoms with E-state index in [1.165, 1.54) is 0 Å². The van der Waals surface area contributed by atoms with Gasteiger partial charge in [-0.05, 0) is 17.7 Å². The van der Waals surface area contributed by atoms with E-state index in [0.717, 1.165) is 25.2 Å². The first kappa shape index (κ1) is 18.4. The van der Waals surface area contributed by atoms with Gasteiger partial charge < -0.3 is 15.0 Å². The summed E-state index contributed by atoms with van der Waals surface area (Å²) in [6.45, 7) is 3.83. The van der Waals surface area contributed by atoms with E-state index in [1.807, 2.05) is 23.1 Å². The van der Waals surface area contributed by atoms with Gasteiger partial charge in [-0.3, -0.25) is 14.5 Å². The summed E-state index contributed by atoms with van der Waals surface area (Å²) >= 11 is 0. The van der Waals surface area contributed by atoms with Crippen LogP contribution in [0.5, 0.6) is 0 Å². The molecule has 138 valence electrons. The largest absolute Gasteiger partial charge is 0.383 e. The molecule has 1 atom stereocenters. The summed E-state index contributed by atoms with van der Waals surface area (Å²) in [5.41, 5.74) is 1.77. The Morgan fingerprint density at radius 2 is 2.19 bits per heavy atom. The maximum Gasteiger partial charge on any atom is 0.225 e. The summed E-state index contributed by atoms with van der Waals surface area (Å²) in [7, 11) is 1.59. The molecule has 2 amide bonds. The minimum Gasteiger partial charge on any atom is -0.383 e. The second-order valence-corrected chi connectivity index (χ2v) is 6.89. The van der Waals surface area contributed by atoms with Gasteiger partial charge in [0.1, 0.15) is 0 Å². The van der Waals surface area contributed by atoms with E-state index in [0.29, 0.717) is 31.7 Å². The number of likely N-dealkylation sites (tertiary alicyclic amines) is 2. The summed E-state index contributed by atoms with van der Waals surface area (Å²) in [4.78, 5) is 28.5. The molecule has 0 bridgehead atoms. The number of ether oxygens (including phenoxy) is 1. The predicted octanol–water partition coefficient (Wildman–Crippen LogP) is 0.354. The molecule has 2 fully saturated rings. The van der Waals surface area contributed by atoms with Crippen LogP contribution in [0.2, 0.25) is 0 Å². The van der Waals surface area contributed by atoms with Crippen molar-refractivity contribution in [2.75, 3.05) is 39.9 Å². The number of hydrogen-bond acceptors (Lipinski definition) is 5. The lowest BCUT2D eigenvalue weighted by atomic mass is 10.0. The van der Waals surface area contributed by atoms with Crippen LogP contribution >= 0.6 is 0 Å². The van der Waals surface area contributed by atoms with Gasteiger partial charge in [-0.1, -0.05) is 12.1 Å². The van der Waals surface area contributed by atoms with Crippen molar-refractivity contribution in [2.45, 2.75) is 19.0 Å². The van der Waals surface area contributed by atoms with Crippen LogP contribution in [0.3, 0.4) is 0 Å². The molecule has 7 nitrogen and oxygen atoms in total. The van der Waals surface area contributed by atoms with Gasteiger partial charge in [0.05, 0.1) is 30.2 Å². The zero-order chi connectivity index (χ0) is 18.5. The van der Waals surface area contributed by atoms with Crippen LogP contribution in [-0.2, 0) is 20.9 Å². The molecule has 2 saturated heterocycles. The van der Waals surface area contributed by atoms with Crippen LogP contribution < -0.4 is 5.32 Å². The van der Waals surface area contributed by atoms with Crippen LogP contribution in [0, 0.1) is 17.2 Å². The average Bonchev–Trinajstić information content (AvgIpc) is 2.99. The van der Waals surface area contributed by atoms with Crippen molar-refractivity contribution in [3.05, 3.63) is 35.4 Å². The molecular weight excluding hydrogens is 332 g/mol. The summed E-state index contributed by atoms with van der Waals surface area (Å²) in [6, 6.07) is 9.92. The summed E-state index contributed by atoms with van der Waals surface area (Å²) in [6.07, 6.45) is 0.291. The molecule has 0 aromatic heterocycles. The molecule has 1 aromatic carbocycles. The quantitative estimate of drug-likeness (QED) is 0.713. The molecule has 1 aromatic rings. The molecule has 26 heavy (non-hydrogen) atoms. The van der Waals surface area contributed by atoms with Gasteiger partial charge in [-0.15, -0.1) is 0 Å². The molecule has 7 heteroatoms. The molecule has 0 saturated carbocycles. The predicted molar refractivity (Wildman–Crippen MR) is 94.9 cm³/mol. The van der Waals surface area contributed by atoms with Crippen LogP contribution in [0.4, 0.5) is 0 Å². The number of carbonyl (C=O) groups is 2. The van der Waals surface area contributed by atoms with E-state index >= 15 is 0 Å². The molecule has 1 unspecified atom stereocenters. The Balaban J connectivity index is 1.46. The fraction of sp³-hybridized carbons (Fsp3) is 0.526. The molecule has 2 heterocycles. The van der Waals surface area contributed by atoms with Crippen LogP contribution in [0.15, 0.2) is 24.3 Å². The number of carbonyl (C=O) groups excluding carboxylic acids is 2. The normalized spacial score (nSPS) is 20.7. The third-order valence-corrected chi connectivity index (χ3v) is 4.98. The van der Waals surface area contributed by atoms with Gasteiger partial charge >= 0.3 is 0 Å². The molecule has 0 spiro atoms. The summed E-state index contributed by atoms with van der Waals surface area (Å²) < 4.78 is 4.92. The summed E-state index contributed by atoms with van der Waals surface area (Å²) in [5, 5.41) is 11.8. The van der Waals surface area contributed by atoms with Gasteiger partial charge in [0.25, 0.3) is 0 Å². The van der Waals surface area contributed by atoms with Crippen molar-refractivity contribution in [3.63, 3.8) is 0 Å². The number of benzene rings is 1. The van der Waals surface area contributed by atoms with Crippen molar-refractivity contribution in [3.8, 4) is 6.07 Å². The Kier molecular flexibility index (Phi) is 5.86. The highest BCUT2D eigenvalue weighted by atomic mass is 16.5. The number of nitrogens with zero attached hydrogens (tertiary/aromatic N) is 3. The van der Waals surface area contributed by atoms with E-state index in [4.69, 9.17) is 10.00 Å².